The fourth-order valence-corrected chi connectivity index (χ4v) is 1.65. The standard InChI is InChI=1S/C15H7F9O7/c16-13(17,18)10(26)29-7-3-1-6(5-8(7)30-11(27)14(19,20)21)2-4-9(25)31-12(28)15(22,23)24/h1,3,5H,2,4H2. The van der Waals surface area contributed by atoms with Crippen LogP contribution in [0.3, 0.4) is 0 Å². The molecule has 0 radical (unpaired) electrons. The summed E-state index contributed by atoms with van der Waals surface area (Å²) in [6.07, 6.45) is -18.2. The number of aryl methyl sites for hydroxylation is 1. The van der Waals surface area contributed by atoms with Crippen LogP contribution in [0.2, 0.25) is 0 Å². The number of carbonyl (C=O) groups excluding carboxylic acids is 4. The zero-order valence-corrected chi connectivity index (χ0v) is 14.4. The van der Waals surface area contributed by atoms with E-state index >= 15 is 0 Å². The first kappa shape index (κ1) is 25.7. The highest BCUT2D eigenvalue weighted by molar-refractivity contribution is 5.88. The molecule has 1 aromatic carbocycles. The molecule has 0 spiro atoms. The second kappa shape index (κ2) is 9.22. The highest BCUT2D eigenvalue weighted by Crippen LogP contribution is 2.33. The maximum absolute atomic E-state index is 12.3. The largest absolute Gasteiger partial charge is 0.491 e. The maximum atomic E-state index is 12.3. The average Bonchev–Trinajstić information content (AvgIpc) is 2.59. The molecule has 0 unspecified atom stereocenters. The lowest BCUT2D eigenvalue weighted by Gasteiger charge is -2.14. The Balaban J connectivity index is 3.04. The predicted octanol–water partition coefficient (Wildman–Crippen LogP) is 3.19. The van der Waals surface area contributed by atoms with Crippen LogP contribution in [0.15, 0.2) is 18.2 Å². The molecule has 1 aromatic rings. The van der Waals surface area contributed by atoms with E-state index < -0.39 is 66.7 Å². The summed E-state index contributed by atoms with van der Waals surface area (Å²) in [5.41, 5.74) is -0.270. The number of hydrogen-bond donors (Lipinski definition) is 0. The van der Waals surface area contributed by atoms with Crippen molar-refractivity contribution in [3.8, 4) is 11.5 Å². The fraction of sp³-hybridized carbons (Fsp3) is 0.333. The molecule has 0 amide bonds. The van der Waals surface area contributed by atoms with Crippen molar-refractivity contribution in [2.24, 2.45) is 0 Å². The van der Waals surface area contributed by atoms with Crippen LogP contribution in [0.4, 0.5) is 39.5 Å². The van der Waals surface area contributed by atoms with Gasteiger partial charge in [0.15, 0.2) is 11.5 Å². The molecule has 0 heterocycles. The molecule has 7 nitrogen and oxygen atoms in total. The van der Waals surface area contributed by atoms with Crippen LogP contribution in [-0.4, -0.2) is 42.4 Å². The van der Waals surface area contributed by atoms with Gasteiger partial charge < -0.3 is 14.2 Å². The van der Waals surface area contributed by atoms with Gasteiger partial charge in [-0.25, -0.2) is 14.4 Å². The molecular formula is C15H7F9O7. The summed E-state index contributed by atoms with van der Waals surface area (Å²) < 4.78 is 121. The van der Waals surface area contributed by atoms with E-state index in [2.05, 4.69) is 14.2 Å². The van der Waals surface area contributed by atoms with Crippen molar-refractivity contribution in [3.63, 3.8) is 0 Å². The Kier molecular flexibility index (Phi) is 7.64. The summed E-state index contributed by atoms with van der Waals surface area (Å²) in [6, 6.07) is 1.73. The smallest absolute Gasteiger partial charge is 0.416 e. The molecule has 16 heteroatoms. The molecular weight excluding hydrogens is 463 g/mol. The van der Waals surface area contributed by atoms with Gasteiger partial charge in [-0.15, -0.1) is 0 Å². The molecule has 31 heavy (non-hydrogen) atoms. The molecule has 172 valence electrons. The third-order valence-electron chi connectivity index (χ3n) is 2.93. The Morgan fingerprint density at radius 2 is 1.13 bits per heavy atom. The monoisotopic (exact) mass is 470 g/mol. The van der Waals surface area contributed by atoms with E-state index in [9.17, 15) is 58.7 Å². The van der Waals surface area contributed by atoms with Crippen molar-refractivity contribution >= 4 is 23.9 Å². The summed E-state index contributed by atoms with van der Waals surface area (Å²) in [5, 5.41) is 0. The molecule has 0 bridgehead atoms. The minimum atomic E-state index is -5.59. The summed E-state index contributed by atoms with van der Waals surface area (Å²) in [7, 11) is 0. The van der Waals surface area contributed by atoms with E-state index in [0.717, 1.165) is 6.07 Å². The summed E-state index contributed by atoms with van der Waals surface area (Å²) in [5.74, 6) is -12.8. The molecule has 0 atom stereocenters. The highest BCUT2D eigenvalue weighted by atomic mass is 19.4. The van der Waals surface area contributed by atoms with E-state index in [1.807, 2.05) is 0 Å². The molecule has 0 aliphatic rings. The lowest BCUT2D eigenvalue weighted by Crippen LogP contribution is -2.30. The molecule has 1 rings (SSSR count). The van der Waals surface area contributed by atoms with Crippen molar-refractivity contribution in [1.82, 2.24) is 0 Å². The van der Waals surface area contributed by atoms with Crippen LogP contribution in [0, 0.1) is 0 Å². The highest BCUT2D eigenvalue weighted by Gasteiger charge is 2.44. The first-order valence-electron chi connectivity index (χ1n) is 7.44. The minimum Gasteiger partial charge on any atom is -0.416 e. The van der Waals surface area contributed by atoms with Crippen LogP contribution in [0.1, 0.15) is 12.0 Å². The van der Waals surface area contributed by atoms with Gasteiger partial charge in [0.2, 0.25) is 0 Å². The second-order valence-electron chi connectivity index (χ2n) is 5.31. The summed E-state index contributed by atoms with van der Waals surface area (Å²) in [4.78, 5) is 43.5. The topological polar surface area (TPSA) is 96.0 Å². The number of ether oxygens (including phenoxy) is 3. The van der Waals surface area contributed by atoms with Crippen molar-refractivity contribution in [1.29, 1.82) is 0 Å². The number of benzene rings is 1. The van der Waals surface area contributed by atoms with Gasteiger partial charge in [-0.3, -0.25) is 4.79 Å². The first-order chi connectivity index (χ1) is 13.9. The van der Waals surface area contributed by atoms with Crippen molar-refractivity contribution in [2.45, 2.75) is 31.4 Å². The zero-order chi connectivity index (χ0) is 24.2. The third-order valence-corrected chi connectivity index (χ3v) is 2.93. The van der Waals surface area contributed by atoms with Crippen LogP contribution < -0.4 is 9.47 Å². The summed E-state index contributed by atoms with van der Waals surface area (Å²) in [6.45, 7) is 0. The minimum absolute atomic E-state index is 0.270. The van der Waals surface area contributed by atoms with E-state index in [4.69, 9.17) is 0 Å². The third kappa shape index (κ3) is 8.13. The number of hydrogen-bond acceptors (Lipinski definition) is 7. The Hall–Kier alpha value is -3.33. The van der Waals surface area contributed by atoms with E-state index in [1.54, 1.807) is 0 Å². The molecule has 0 saturated carbocycles. The fourth-order valence-electron chi connectivity index (χ4n) is 1.65. The van der Waals surface area contributed by atoms with Gasteiger partial charge in [0.05, 0.1) is 6.42 Å². The lowest BCUT2D eigenvalue weighted by molar-refractivity contribution is -0.201. The number of halogens is 9. The quantitative estimate of drug-likeness (QED) is 0.282. The van der Waals surface area contributed by atoms with E-state index in [-0.39, 0.29) is 5.56 Å². The van der Waals surface area contributed by atoms with Gasteiger partial charge in [0.1, 0.15) is 0 Å². The van der Waals surface area contributed by atoms with Gasteiger partial charge >= 0.3 is 42.4 Å². The van der Waals surface area contributed by atoms with E-state index in [1.165, 1.54) is 0 Å². The SMILES string of the molecule is O=C(CCc1ccc(OC(=O)C(F)(F)F)c(OC(=O)C(F)(F)F)c1)OC(=O)C(F)(F)F. The van der Waals surface area contributed by atoms with Crippen molar-refractivity contribution < 1.29 is 72.9 Å². The molecule has 0 aliphatic heterocycles. The summed E-state index contributed by atoms with van der Waals surface area (Å²) >= 11 is 0. The van der Waals surface area contributed by atoms with Gasteiger partial charge in [0.25, 0.3) is 0 Å². The predicted molar refractivity (Wildman–Crippen MR) is 75.3 cm³/mol. The Morgan fingerprint density at radius 3 is 1.58 bits per heavy atom. The van der Waals surface area contributed by atoms with Crippen molar-refractivity contribution in [3.05, 3.63) is 23.8 Å². The second-order valence-corrected chi connectivity index (χ2v) is 5.31. The van der Waals surface area contributed by atoms with E-state index in [0.29, 0.717) is 12.1 Å². The van der Waals surface area contributed by atoms with Gasteiger partial charge in [0, 0.05) is 0 Å². The normalized spacial score (nSPS) is 12.2. The zero-order valence-electron chi connectivity index (χ0n) is 14.4. The van der Waals surface area contributed by atoms with Gasteiger partial charge in [-0.1, -0.05) is 6.07 Å². The van der Waals surface area contributed by atoms with Gasteiger partial charge in [-0.05, 0) is 24.1 Å². The van der Waals surface area contributed by atoms with Crippen molar-refractivity contribution in [2.75, 3.05) is 0 Å². The van der Waals surface area contributed by atoms with Crippen LogP contribution in [0.25, 0.3) is 0 Å². The number of esters is 4. The number of alkyl halides is 9. The molecule has 0 saturated heterocycles. The van der Waals surface area contributed by atoms with Gasteiger partial charge in [-0.2, -0.15) is 39.5 Å². The number of rotatable bonds is 5. The maximum Gasteiger partial charge on any atom is 0.491 e. The van der Waals surface area contributed by atoms with Crippen LogP contribution in [-0.2, 0) is 30.3 Å². The number of carbonyl (C=O) groups is 4. The molecule has 0 aromatic heterocycles. The van der Waals surface area contributed by atoms with Crippen LogP contribution >= 0.6 is 0 Å². The Labute approximate surface area is 164 Å². The Morgan fingerprint density at radius 1 is 0.677 bits per heavy atom. The average molecular weight is 470 g/mol. The lowest BCUT2D eigenvalue weighted by atomic mass is 10.1. The van der Waals surface area contributed by atoms with Crippen LogP contribution in [0.5, 0.6) is 11.5 Å². The molecule has 0 N–H and O–H groups in total. The Bertz CT molecular complexity index is 869. The molecule has 0 fully saturated rings. The first-order valence-corrected chi connectivity index (χ1v) is 7.44. The molecule has 0 aliphatic carbocycles.